The first-order valence-corrected chi connectivity index (χ1v) is 5.04. The number of allylic oxidation sites excluding steroid dienone is 2. The van der Waals surface area contributed by atoms with Crippen LogP contribution in [0.2, 0.25) is 0 Å². The van der Waals surface area contributed by atoms with Crippen molar-refractivity contribution >= 4 is 5.78 Å². The molecule has 0 radical (unpaired) electrons. The minimum atomic E-state index is 0.415. The SMILES string of the molecule is CCCC[C@]12C3[C@H]1C(=O)C=C[C@@H]32. The zero-order valence-electron chi connectivity index (χ0n) is 7.42. The van der Waals surface area contributed by atoms with Crippen LogP contribution >= 0.6 is 0 Å². The van der Waals surface area contributed by atoms with E-state index in [1.165, 1.54) is 19.3 Å². The van der Waals surface area contributed by atoms with E-state index in [0.717, 1.165) is 11.8 Å². The Hall–Kier alpha value is -0.590. The molecular formula is C11H14O. The van der Waals surface area contributed by atoms with Crippen molar-refractivity contribution in [3.63, 3.8) is 0 Å². The van der Waals surface area contributed by atoms with Gasteiger partial charge in [0.25, 0.3) is 0 Å². The summed E-state index contributed by atoms with van der Waals surface area (Å²) in [6.45, 7) is 2.23. The Labute approximate surface area is 72.8 Å². The van der Waals surface area contributed by atoms with Gasteiger partial charge in [-0.25, -0.2) is 0 Å². The number of carbonyl (C=O) groups is 1. The fraction of sp³-hybridized carbons (Fsp3) is 0.727. The van der Waals surface area contributed by atoms with Gasteiger partial charge in [-0.2, -0.15) is 0 Å². The number of ketones is 1. The van der Waals surface area contributed by atoms with Gasteiger partial charge in [0.1, 0.15) is 0 Å². The van der Waals surface area contributed by atoms with Crippen LogP contribution in [0.4, 0.5) is 0 Å². The molecule has 64 valence electrons. The lowest BCUT2D eigenvalue weighted by Crippen LogP contribution is -2.20. The monoisotopic (exact) mass is 162 g/mol. The summed E-state index contributed by atoms with van der Waals surface area (Å²) in [6.07, 6.45) is 7.85. The quantitative estimate of drug-likeness (QED) is 0.621. The maximum atomic E-state index is 11.3. The fourth-order valence-corrected chi connectivity index (χ4v) is 3.32. The first-order chi connectivity index (χ1) is 5.82. The molecule has 1 heteroatoms. The van der Waals surface area contributed by atoms with Gasteiger partial charge < -0.3 is 0 Å². The van der Waals surface area contributed by atoms with Crippen LogP contribution in [0.25, 0.3) is 0 Å². The van der Waals surface area contributed by atoms with Crippen molar-refractivity contribution in [2.45, 2.75) is 26.2 Å². The third-order valence-electron chi connectivity index (χ3n) is 4.09. The topological polar surface area (TPSA) is 17.1 Å². The van der Waals surface area contributed by atoms with E-state index in [1.807, 2.05) is 6.08 Å². The summed E-state index contributed by atoms with van der Waals surface area (Å²) < 4.78 is 0. The lowest BCUT2D eigenvalue weighted by molar-refractivity contribution is -0.118. The van der Waals surface area contributed by atoms with E-state index in [-0.39, 0.29) is 0 Å². The summed E-state index contributed by atoms with van der Waals surface area (Å²) in [5.41, 5.74) is 0.516. The second kappa shape index (κ2) is 1.84. The molecule has 0 spiro atoms. The maximum Gasteiger partial charge on any atom is 0.159 e. The summed E-state index contributed by atoms with van der Waals surface area (Å²) in [4.78, 5) is 11.3. The molecule has 4 atom stereocenters. The molecule has 0 aromatic rings. The predicted molar refractivity (Wildman–Crippen MR) is 46.6 cm³/mol. The van der Waals surface area contributed by atoms with Crippen LogP contribution < -0.4 is 0 Å². The molecule has 3 aliphatic carbocycles. The molecule has 1 unspecified atom stereocenters. The maximum absolute atomic E-state index is 11.3. The molecule has 0 heterocycles. The van der Waals surface area contributed by atoms with E-state index in [9.17, 15) is 4.79 Å². The van der Waals surface area contributed by atoms with E-state index in [2.05, 4.69) is 13.0 Å². The first-order valence-electron chi connectivity index (χ1n) is 5.04. The Morgan fingerprint density at radius 1 is 1.58 bits per heavy atom. The third-order valence-corrected chi connectivity index (χ3v) is 4.09. The highest BCUT2D eigenvalue weighted by Gasteiger charge is 2.87. The van der Waals surface area contributed by atoms with Gasteiger partial charge in [-0.15, -0.1) is 0 Å². The van der Waals surface area contributed by atoms with Crippen molar-refractivity contribution in [2.75, 3.05) is 0 Å². The molecule has 0 N–H and O–H groups in total. The van der Waals surface area contributed by atoms with Crippen LogP contribution in [0.15, 0.2) is 12.2 Å². The number of hydrogen-bond acceptors (Lipinski definition) is 1. The van der Waals surface area contributed by atoms with Gasteiger partial charge in [0.05, 0.1) is 0 Å². The molecule has 2 saturated carbocycles. The van der Waals surface area contributed by atoms with Gasteiger partial charge in [-0.1, -0.05) is 25.8 Å². The minimum Gasteiger partial charge on any atom is -0.295 e. The molecule has 0 aliphatic heterocycles. The second-order valence-electron chi connectivity index (χ2n) is 4.51. The molecule has 2 fully saturated rings. The van der Waals surface area contributed by atoms with Crippen LogP contribution in [-0.4, -0.2) is 5.78 Å². The van der Waals surface area contributed by atoms with Crippen molar-refractivity contribution in [1.82, 2.24) is 0 Å². The predicted octanol–water partition coefficient (Wildman–Crippen LogP) is 2.18. The summed E-state index contributed by atoms with van der Waals surface area (Å²) in [6, 6.07) is 0. The number of fused-ring (bicyclic) bond motifs is 2. The average molecular weight is 162 g/mol. The molecule has 1 nitrogen and oxygen atoms in total. The van der Waals surface area contributed by atoms with Crippen molar-refractivity contribution in [2.24, 2.45) is 23.2 Å². The standard InChI is InChI=1S/C11H14O/c1-2-3-6-11-7-4-5-8(12)10(11)9(7)11/h4-5,7,9-10H,2-3,6H2,1H3/t7-,9?,10+,11-/m0/s1. The zero-order valence-corrected chi connectivity index (χ0v) is 7.42. The highest BCUT2D eigenvalue weighted by molar-refractivity contribution is 5.99. The summed E-state index contributed by atoms with van der Waals surface area (Å²) in [5.74, 6) is 2.49. The van der Waals surface area contributed by atoms with Gasteiger partial charge in [-0.3, -0.25) is 4.79 Å². The Kier molecular flexibility index (Phi) is 1.05. The molecule has 0 aromatic carbocycles. The Balaban J connectivity index is 1.76. The third kappa shape index (κ3) is 0.531. The van der Waals surface area contributed by atoms with E-state index >= 15 is 0 Å². The summed E-state index contributed by atoms with van der Waals surface area (Å²) >= 11 is 0. The van der Waals surface area contributed by atoms with Gasteiger partial charge >= 0.3 is 0 Å². The van der Waals surface area contributed by atoms with Crippen LogP contribution in [0.1, 0.15) is 26.2 Å². The Morgan fingerprint density at radius 3 is 3.00 bits per heavy atom. The van der Waals surface area contributed by atoms with Gasteiger partial charge in [0, 0.05) is 5.92 Å². The number of hydrogen-bond donors (Lipinski definition) is 0. The van der Waals surface area contributed by atoms with E-state index < -0.39 is 0 Å². The average Bonchev–Trinajstić information content (AvgIpc) is 2.89. The number of unbranched alkanes of at least 4 members (excludes halogenated alkanes) is 1. The molecule has 0 saturated heterocycles. The molecule has 0 aromatic heterocycles. The zero-order chi connectivity index (χ0) is 8.34. The Morgan fingerprint density at radius 2 is 2.42 bits per heavy atom. The summed E-state index contributed by atoms with van der Waals surface area (Å²) in [7, 11) is 0. The molecule has 12 heavy (non-hydrogen) atoms. The minimum absolute atomic E-state index is 0.415. The summed E-state index contributed by atoms with van der Waals surface area (Å²) in [5, 5.41) is 0. The van der Waals surface area contributed by atoms with E-state index in [4.69, 9.17) is 0 Å². The fourth-order valence-electron chi connectivity index (χ4n) is 3.32. The van der Waals surface area contributed by atoms with Crippen LogP contribution in [0.5, 0.6) is 0 Å². The number of carbonyl (C=O) groups excluding carboxylic acids is 1. The van der Waals surface area contributed by atoms with Gasteiger partial charge in [-0.05, 0) is 29.7 Å². The van der Waals surface area contributed by atoms with Crippen LogP contribution in [-0.2, 0) is 4.79 Å². The smallest absolute Gasteiger partial charge is 0.159 e. The molecule has 0 bridgehead atoms. The van der Waals surface area contributed by atoms with Crippen molar-refractivity contribution in [1.29, 1.82) is 0 Å². The van der Waals surface area contributed by atoms with Gasteiger partial charge in [0.15, 0.2) is 5.78 Å². The second-order valence-corrected chi connectivity index (χ2v) is 4.51. The number of rotatable bonds is 3. The molecule has 0 amide bonds. The normalized spacial score (nSPS) is 52.1. The molecule has 3 rings (SSSR count). The highest BCUT2D eigenvalue weighted by Crippen LogP contribution is 2.87. The van der Waals surface area contributed by atoms with Crippen molar-refractivity contribution in [3.05, 3.63) is 12.2 Å². The van der Waals surface area contributed by atoms with Crippen molar-refractivity contribution < 1.29 is 4.79 Å². The van der Waals surface area contributed by atoms with Crippen LogP contribution in [0.3, 0.4) is 0 Å². The highest BCUT2D eigenvalue weighted by atomic mass is 16.1. The van der Waals surface area contributed by atoms with Crippen LogP contribution in [0, 0.1) is 23.2 Å². The van der Waals surface area contributed by atoms with Gasteiger partial charge in [0.2, 0.25) is 0 Å². The largest absolute Gasteiger partial charge is 0.295 e. The van der Waals surface area contributed by atoms with E-state index in [1.54, 1.807) is 0 Å². The molecular weight excluding hydrogens is 148 g/mol. The van der Waals surface area contributed by atoms with Crippen molar-refractivity contribution in [3.8, 4) is 0 Å². The Bertz CT molecular complexity index is 279. The molecule has 3 aliphatic rings. The lowest BCUT2D eigenvalue weighted by Gasteiger charge is -2.18. The van der Waals surface area contributed by atoms with E-state index in [0.29, 0.717) is 17.1 Å². The lowest BCUT2D eigenvalue weighted by atomic mass is 9.84. The first kappa shape index (κ1) is 6.88.